The summed E-state index contributed by atoms with van der Waals surface area (Å²) in [7, 11) is 2.28. The summed E-state index contributed by atoms with van der Waals surface area (Å²) in [5.41, 5.74) is 2.88. The lowest BCUT2D eigenvalue weighted by atomic mass is 9.76. The number of pyridine rings is 1. The van der Waals surface area contributed by atoms with Crippen molar-refractivity contribution in [3.05, 3.63) is 41.7 Å². The largest absolute Gasteiger partial charge is 0.478 e. The number of carbonyl (C=O) groups is 2. The van der Waals surface area contributed by atoms with Crippen LogP contribution in [0, 0.1) is 0 Å². The minimum absolute atomic E-state index is 0.558. The van der Waals surface area contributed by atoms with Gasteiger partial charge in [0.1, 0.15) is 0 Å². The molecule has 1 aromatic rings. The molecule has 6 nitrogen and oxygen atoms in total. The maximum atomic E-state index is 9.55. The molecule has 1 aliphatic heterocycles. The number of hydrogen-bond acceptors (Lipinski definition) is 4. The van der Waals surface area contributed by atoms with Gasteiger partial charge in [-0.1, -0.05) is 6.07 Å². The molecule has 0 unspecified atom stereocenters. The average Bonchev–Trinajstić information content (AvgIpc) is 2.54. The van der Waals surface area contributed by atoms with Crippen LogP contribution in [0.4, 0.5) is 0 Å². The zero-order chi connectivity index (χ0) is 16.8. The van der Waals surface area contributed by atoms with Crippen LogP contribution in [-0.2, 0) is 16.0 Å². The van der Waals surface area contributed by atoms with E-state index in [9.17, 15) is 9.59 Å². The maximum Gasteiger partial charge on any atom is 0.328 e. The molecule has 1 saturated heterocycles. The van der Waals surface area contributed by atoms with Gasteiger partial charge < -0.3 is 15.1 Å². The maximum absolute atomic E-state index is 9.55. The number of aromatic nitrogens is 1. The highest BCUT2D eigenvalue weighted by Crippen LogP contribution is 2.38. The zero-order valence-electron chi connectivity index (χ0n) is 13.2. The van der Waals surface area contributed by atoms with Crippen LogP contribution < -0.4 is 0 Å². The van der Waals surface area contributed by atoms with Gasteiger partial charge in [0.15, 0.2) is 0 Å². The van der Waals surface area contributed by atoms with E-state index in [-0.39, 0.29) is 0 Å². The first-order valence-corrected chi connectivity index (χ1v) is 7.77. The molecule has 2 N–H and O–H groups in total. The summed E-state index contributed by atoms with van der Waals surface area (Å²) in [6.07, 6.45) is 8.21. The standard InChI is InChI=1S/C13H18N2.C4H4O4/c1-15-9-3-5-11-10-4-2-8-14-12(10)6-7-13(11)15;5-3(6)1-2-4(7)8/h2,4,8,11,13H,3,5-7,9H2,1H3;1-2H,(H,5,6)(H,7,8)/b;2-1-/t11-,13+;/m0./s1. The van der Waals surface area contributed by atoms with Gasteiger partial charge in [0.2, 0.25) is 0 Å². The smallest absolute Gasteiger partial charge is 0.328 e. The summed E-state index contributed by atoms with van der Waals surface area (Å²) in [5, 5.41) is 15.6. The third kappa shape index (κ3) is 4.63. The third-order valence-electron chi connectivity index (χ3n) is 4.43. The highest BCUT2D eigenvalue weighted by molar-refractivity contribution is 5.89. The molecule has 0 bridgehead atoms. The van der Waals surface area contributed by atoms with Gasteiger partial charge in [-0.3, -0.25) is 4.98 Å². The molecule has 6 heteroatoms. The van der Waals surface area contributed by atoms with Crippen LogP contribution in [0.2, 0.25) is 0 Å². The average molecular weight is 318 g/mol. The minimum Gasteiger partial charge on any atom is -0.478 e. The molecule has 3 rings (SSSR count). The zero-order valence-corrected chi connectivity index (χ0v) is 13.2. The Balaban J connectivity index is 0.000000207. The fourth-order valence-electron chi connectivity index (χ4n) is 3.43. The Morgan fingerprint density at radius 2 is 1.96 bits per heavy atom. The van der Waals surface area contributed by atoms with Gasteiger partial charge in [-0.25, -0.2) is 9.59 Å². The first-order chi connectivity index (χ1) is 11.0. The molecule has 1 fully saturated rings. The molecule has 124 valence electrons. The lowest BCUT2D eigenvalue weighted by Crippen LogP contribution is -2.44. The first kappa shape index (κ1) is 17.1. The number of carboxylic acids is 2. The van der Waals surface area contributed by atoms with Crippen molar-refractivity contribution in [1.82, 2.24) is 9.88 Å². The molecule has 2 aliphatic rings. The molecule has 2 atom stereocenters. The van der Waals surface area contributed by atoms with Gasteiger partial charge in [-0.05, 0) is 50.9 Å². The lowest BCUT2D eigenvalue weighted by molar-refractivity contribution is -0.134. The van der Waals surface area contributed by atoms with E-state index in [1.54, 1.807) is 0 Å². The molecule has 23 heavy (non-hydrogen) atoms. The van der Waals surface area contributed by atoms with Crippen molar-refractivity contribution < 1.29 is 19.8 Å². The van der Waals surface area contributed by atoms with Gasteiger partial charge in [0.05, 0.1) is 0 Å². The van der Waals surface area contributed by atoms with Crippen molar-refractivity contribution in [2.45, 2.75) is 37.6 Å². The van der Waals surface area contributed by atoms with Crippen molar-refractivity contribution in [2.24, 2.45) is 0 Å². The van der Waals surface area contributed by atoms with E-state index in [2.05, 4.69) is 29.1 Å². The molecule has 2 heterocycles. The summed E-state index contributed by atoms with van der Waals surface area (Å²) >= 11 is 0. The minimum atomic E-state index is -1.26. The number of hydrogen-bond donors (Lipinski definition) is 2. The van der Waals surface area contributed by atoms with Gasteiger partial charge in [0, 0.05) is 36.0 Å². The van der Waals surface area contributed by atoms with Gasteiger partial charge in [-0.2, -0.15) is 0 Å². The Bertz CT molecular complexity index is 584. The highest BCUT2D eigenvalue weighted by atomic mass is 16.4. The number of nitrogens with zero attached hydrogens (tertiary/aromatic N) is 2. The van der Waals surface area contributed by atoms with Gasteiger partial charge >= 0.3 is 11.9 Å². The summed E-state index contributed by atoms with van der Waals surface area (Å²) in [6.45, 7) is 1.27. The monoisotopic (exact) mass is 318 g/mol. The number of fused-ring (bicyclic) bond motifs is 3. The van der Waals surface area contributed by atoms with Gasteiger partial charge in [-0.15, -0.1) is 0 Å². The highest BCUT2D eigenvalue weighted by Gasteiger charge is 2.34. The Morgan fingerprint density at radius 3 is 2.61 bits per heavy atom. The van der Waals surface area contributed by atoms with E-state index in [0.717, 1.165) is 12.0 Å². The van der Waals surface area contributed by atoms with E-state index in [4.69, 9.17) is 10.2 Å². The molecule has 0 radical (unpaired) electrons. The van der Waals surface area contributed by atoms with E-state index in [1.165, 1.54) is 43.5 Å². The summed E-state index contributed by atoms with van der Waals surface area (Å²) in [6, 6.07) is 5.16. The molecule has 1 aliphatic carbocycles. The van der Waals surface area contributed by atoms with Gasteiger partial charge in [0.25, 0.3) is 0 Å². The second-order valence-electron chi connectivity index (χ2n) is 5.88. The van der Waals surface area contributed by atoms with E-state index >= 15 is 0 Å². The van der Waals surface area contributed by atoms with Crippen LogP contribution in [0.25, 0.3) is 0 Å². The van der Waals surface area contributed by atoms with E-state index in [1.807, 2.05) is 6.20 Å². The predicted octanol–water partition coefficient (Wildman–Crippen LogP) is 1.92. The molecule has 0 amide bonds. The summed E-state index contributed by atoms with van der Waals surface area (Å²) < 4.78 is 0. The lowest BCUT2D eigenvalue weighted by Gasteiger charge is -2.42. The second kappa shape index (κ2) is 7.87. The number of likely N-dealkylation sites (tertiary alicyclic amines) is 1. The molecule has 0 saturated carbocycles. The summed E-state index contributed by atoms with van der Waals surface area (Å²) in [5.74, 6) is -1.76. The van der Waals surface area contributed by atoms with Crippen LogP contribution in [0.15, 0.2) is 30.5 Å². The van der Waals surface area contributed by atoms with Crippen molar-refractivity contribution >= 4 is 11.9 Å². The number of aryl methyl sites for hydroxylation is 1. The Morgan fingerprint density at radius 1 is 1.26 bits per heavy atom. The fraction of sp³-hybridized carbons (Fsp3) is 0.471. The molecule has 0 spiro atoms. The number of rotatable bonds is 2. The second-order valence-corrected chi connectivity index (χ2v) is 5.88. The van der Waals surface area contributed by atoms with Crippen LogP contribution in [0.1, 0.15) is 36.4 Å². The van der Waals surface area contributed by atoms with Crippen LogP contribution >= 0.6 is 0 Å². The molecule has 0 aromatic carbocycles. The van der Waals surface area contributed by atoms with E-state index < -0.39 is 11.9 Å². The van der Waals surface area contributed by atoms with Crippen molar-refractivity contribution in [2.75, 3.05) is 13.6 Å². The first-order valence-electron chi connectivity index (χ1n) is 7.77. The number of aliphatic carboxylic acids is 2. The molecular weight excluding hydrogens is 296 g/mol. The Hall–Kier alpha value is -2.21. The van der Waals surface area contributed by atoms with Crippen molar-refractivity contribution in [3.63, 3.8) is 0 Å². The molecule has 1 aromatic heterocycles. The third-order valence-corrected chi connectivity index (χ3v) is 4.43. The predicted molar refractivity (Wildman–Crippen MR) is 85.4 cm³/mol. The van der Waals surface area contributed by atoms with Crippen molar-refractivity contribution in [3.8, 4) is 0 Å². The van der Waals surface area contributed by atoms with Crippen LogP contribution in [-0.4, -0.2) is 51.7 Å². The topological polar surface area (TPSA) is 90.7 Å². The Labute approximate surface area is 135 Å². The van der Waals surface area contributed by atoms with E-state index in [0.29, 0.717) is 12.2 Å². The fourth-order valence-corrected chi connectivity index (χ4v) is 3.43. The number of carboxylic acid groups (broad SMARTS) is 2. The molecular formula is C17H22N2O4. The SMILES string of the molecule is CN1CCC[C@H]2c3cccnc3CC[C@H]21.O=C(O)/C=C\C(=O)O. The Kier molecular flexibility index (Phi) is 5.87. The number of likely N-dealkylation sites (N-methyl/N-ethyl adjacent to an activating group) is 1. The van der Waals surface area contributed by atoms with Crippen LogP contribution in [0.3, 0.4) is 0 Å². The normalized spacial score (nSPS) is 23.3. The quantitative estimate of drug-likeness (QED) is 0.810. The van der Waals surface area contributed by atoms with Crippen molar-refractivity contribution in [1.29, 1.82) is 0 Å². The van der Waals surface area contributed by atoms with Crippen LogP contribution in [0.5, 0.6) is 0 Å². The number of piperidine rings is 1. The summed E-state index contributed by atoms with van der Waals surface area (Å²) in [4.78, 5) is 26.2.